The molecule has 8 nitrogen and oxygen atoms in total. The number of aliphatic hydroxyl groups is 1. The molecule has 2 unspecified atom stereocenters. The second kappa shape index (κ2) is 12.2. The maximum absolute atomic E-state index is 14.5. The molecule has 0 radical (unpaired) electrons. The minimum atomic E-state index is -0.889. The van der Waals surface area contributed by atoms with Crippen molar-refractivity contribution in [1.29, 1.82) is 0 Å². The number of ether oxygens (including phenoxy) is 1. The van der Waals surface area contributed by atoms with Crippen LogP contribution in [0.2, 0.25) is 5.02 Å². The van der Waals surface area contributed by atoms with Crippen LogP contribution < -0.4 is 15.4 Å². The normalized spacial score (nSPS) is 26.2. The average molecular weight is 620 g/mol. The van der Waals surface area contributed by atoms with Crippen molar-refractivity contribution < 1.29 is 24.2 Å². The minimum Gasteiger partial charge on any atom is -0.494 e. The maximum Gasteiger partial charge on any atom is 0.248 e. The van der Waals surface area contributed by atoms with E-state index in [4.69, 9.17) is 16.3 Å². The summed E-state index contributed by atoms with van der Waals surface area (Å²) in [4.78, 5) is 44.1. The van der Waals surface area contributed by atoms with E-state index in [1.54, 1.807) is 65.2 Å². The summed E-state index contributed by atoms with van der Waals surface area (Å²) in [7, 11) is 0. The zero-order valence-electron chi connectivity index (χ0n) is 23.7. The Bertz CT molecular complexity index is 1510. The highest BCUT2D eigenvalue weighted by Gasteiger charge is 2.74. The van der Waals surface area contributed by atoms with Crippen LogP contribution in [0.15, 0.2) is 78.9 Å². The van der Waals surface area contributed by atoms with Crippen molar-refractivity contribution in [1.82, 2.24) is 4.90 Å². The molecule has 3 aliphatic heterocycles. The zero-order valence-corrected chi connectivity index (χ0v) is 25.3. The molecule has 3 fully saturated rings. The van der Waals surface area contributed by atoms with E-state index in [2.05, 4.69) is 10.6 Å². The van der Waals surface area contributed by atoms with Crippen LogP contribution in [0.3, 0.4) is 0 Å². The Morgan fingerprint density at radius 3 is 2.47 bits per heavy atom. The van der Waals surface area contributed by atoms with Crippen molar-refractivity contribution in [3.05, 3.63) is 89.4 Å². The van der Waals surface area contributed by atoms with E-state index in [1.807, 2.05) is 37.3 Å². The van der Waals surface area contributed by atoms with Crippen LogP contribution in [0.5, 0.6) is 5.75 Å². The third-order valence-electron chi connectivity index (χ3n) is 8.77. The van der Waals surface area contributed by atoms with Crippen LogP contribution >= 0.6 is 23.4 Å². The average Bonchev–Trinajstić information content (AvgIpc) is 3.66. The van der Waals surface area contributed by atoms with Crippen LogP contribution in [-0.2, 0) is 20.8 Å². The van der Waals surface area contributed by atoms with Gasteiger partial charge in [-0.05, 0) is 68.1 Å². The fraction of sp³-hybridized carbons (Fsp3) is 0.364. The second-order valence-corrected chi connectivity index (χ2v) is 13.3. The van der Waals surface area contributed by atoms with Crippen molar-refractivity contribution in [2.45, 2.75) is 48.3 Å². The highest BCUT2D eigenvalue weighted by Crippen LogP contribution is 2.66. The van der Waals surface area contributed by atoms with Gasteiger partial charge in [-0.25, -0.2) is 0 Å². The lowest BCUT2D eigenvalue weighted by atomic mass is 9.70. The number of likely N-dealkylation sites (tertiary alicyclic amines) is 1. The van der Waals surface area contributed by atoms with E-state index in [-0.39, 0.29) is 29.6 Å². The maximum atomic E-state index is 14.5. The monoisotopic (exact) mass is 619 g/mol. The number of aliphatic hydroxyl groups excluding tert-OH is 1. The summed E-state index contributed by atoms with van der Waals surface area (Å²) in [5, 5.41) is 16.9. The molecule has 3 amide bonds. The molecule has 6 atom stereocenters. The number of nitrogens with one attached hydrogen (secondary N) is 2. The van der Waals surface area contributed by atoms with Crippen LogP contribution in [-0.4, -0.2) is 63.0 Å². The quantitative estimate of drug-likeness (QED) is 0.294. The van der Waals surface area contributed by atoms with Gasteiger partial charge in [0.2, 0.25) is 17.7 Å². The molecule has 43 heavy (non-hydrogen) atoms. The predicted molar refractivity (Wildman–Crippen MR) is 168 cm³/mol. The number of fused-ring (bicyclic) bond motifs is 1. The van der Waals surface area contributed by atoms with Gasteiger partial charge in [0, 0.05) is 10.9 Å². The molecule has 10 heteroatoms. The molecular weight excluding hydrogens is 586 g/mol. The van der Waals surface area contributed by atoms with E-state index in [9.17, 15) is 19.5 Å². The standard InChI is InChI=1S/C33H34ClN3O5S/c1-2-42-23-14-12-21(13-15-23)35-30(39)27-26-16-17-33(43-26)28(27)32(41)37(22(19-38)18-20-8-4-3-5-9-20)29(33)31(40)36-25-11-7-6-10-24(25)34/h3-15,22,26-29,38H,2,16-19H2,1H3,(H,35,39)(H,36,40)/t22-,26+,27-,28+,29?,33?/m1/s1. The molecule has 2 bridgehead atoms. The third-order valence-corrected chi connectivity index (χ3v) is 11.1. The number of benzene rings is 3. The van der Waals surface area contributed by atoms with E-state index >= 15 is 0 Å². The molecule has 224 valence electrons. The number of carbonyl (C=O) groups is 3. The third kappa shape index (κ3) is 5.39. The summed E-state index contributed by atoms with van der Waals surface area (Å²) in [5.41, 5.74) is 2.01. The topological polar surface area (TPSA) is 108 Å². The molecule has 6 rings (SSSR count). The Morgan fingerprint density at radius 1 is 1.05 bits per heavy atom. The van der Waals surface area contributed by atoms with Gasteiger partial charge in [0.1, 0.15) is 11.8 Å². The Balaban J connectivity index is 1.34. The van der Waals surface area contributed by atoms with Gasteiger partial charge < -0.3 is 25.4 Å². The van der Waals surface area contributed by atoms with Crippen molar-refractivity contribution in [2.75, 3.05) is 23.8 Å². The lowest BCUT2D eigenvalue weighted by molar-refractivity contribution is -0.141. The number of anilines is 2. The molecular formula is C33H34ClN3O5S. The summed E-state index contributed by atoms with van der Waals surface area (Å²) < 4.78 is 4.71. The number of thioether (sulfide) groups is 1. The molecule has 3 aliphatic rings. The first-order valence-electron chi connectivity index (χ1n) is 14.6. The molecule has 0 aromatic heterocycles. The number of amides is 3. The smallest absolute Gasteiger partial charge is 0.248 e. The number of nitrogens with zero attached hydrogens (tertiary/aromatic N) is 1. The van der Waals surface area contributed by atoms with Gasteiger partial charge in [-0.2, -0.15) is 0 Å². The molecule has 0 aliphatic carbocycles. The number of halogens is 1. The zero-order chi connectivity index (χ0) is 30.1. The summed E-state index contributed by atoms with van der Waals surface area (Å²) in [6, 6.07) is 22.2. The van der Waals surface area contributed by atoms with Gasteiger partial charge in [-0.3, -0.25) is 14.4 Å². The van der Waals surface area contributed by atoms with Crippen LogP contribution in [0.1, 0.15) is 25.3 Å². The van der Waals surface area contributed by atoms with E-state index < -0.39 is 28.7 Å². The molecule has 3 heterocycles. The largest absolute Gasteiger partial charge is 0.494 e. The lowest BCUT2D eigenvalue weighted by Gasteiger charge is -2.37. The Kier molecular flexibility index (Phi) is 8.40. The molecule has 3 N–H and O–H groups in total. The van der Waals surface area contributed by atoms with Crippen molar-refractivity contribution in [3.63, 3.8) is 0 Å². The van der Waals surface area contributed by atoms with Gasteiger partial charge in [-0.15, -0.1) is 11.8 Å². The Hall–Kier alpha value is -3.53. The number of hydrogen-bond acceptors (Lipinski definition) is 6. The number of hydrogen-bond donors (Lipinski definition) is 3. The number of carbonyl (C=O) groups excluding carboxylic acids is 3. The van der Waals surface area contributed by atoms with Crippen LogP contribution in [0.25, 0.3) is 0 Å². The van der Waals surface area contributed by atoms with Gasteiger partial charge in [0.15, 0.2) is 0 Å². The Labute approximate surface area is 260 Å². The number of para-hydroxylation sites is 1. The van der Waals surface area contributed by atoms with Gasteiger partial charge in [0.25, 0.3) is 0 Å². The van der Waals surface area contributed by atoms with Crippen LogP contribution in [0, 0.1) is 11.8 Å². The van der Waals surface area contributed by atoms with Gasteiger partial charge in [-0.1, -0.05) is 54.1 Å². The highest BCUT2D eigenvalue weighted by molar-refractivity contribution is 8.02. The molecule has 3 aromatic rings. The van der Waals surface area contributed by atoms with Crippen molar-refractivity contribution >= 4 is 52.5 Å². The van der Waals surface area contributed by atoms with Gasteiger partial charge in [0.05, 0.1) is 46.5 Å². The fourth-order valence-corrected chi connectivity index (χ4v) is 9.40. The SMILES string of the molecule is CCOc1ccc(NC(=O)[C@@H]2[C@@H]3CCC4(S3)C(C(=O)Nc3ccccc3Cl)N([C@@H](CO)Cc3ccccc3)C(=O)[C@H]24)cc1. The summed E-state index contributed by atoms with van der Waals surface area (Å²) in [5.74, 6) is -1.48. The first-order valence-corrected chi connectivity index (χ1v) is 15.9. The summed E-state index contributed by atoms with van der Waals surface area (Å²) in [6.07, 6.45) is 1.70. The molecule has 3 saturated heterocycles. The lowest BCUT2D eigenvalue weighted by Crippen LogP contribution is -2.55. The van der Waals surface area contributed by atoms with Gasteiger partial charge >= 0.3 is 0 Å². The Morgan fingerprint density at radius 2 is 1.77 bits per heavy atom. The second-order valence-electron chi connectivity index (χ2n) is 11.2. The summed E-state index contributed by atoms with van der Waals surface area (Å²) >= 11 is 7.97. The number of rotatable bonds is 10. The minimum absolute atomic E-state index is 0.101. The fourth-order valence-electron chi connectivity index (χ4n) is 7.01. The highest BCUT2D eigenvalue weighted by atomic mass is 35.5. The van der Waals surface area contributed by atoms with E-state index in [1.165, 1.54) is 0 Å². The van der Waals surface area contributed by atoms with Crippen molar-refractivity contribution in [3.8, 4) is 5.75 Å². The predicted octanol–water partition coefficient (Wildman–Crippen LogP) is 5.01. The van der Waals surface area contributed by atoms with Crippen LogP contribution in [0.4, 0.5) is 11.4 Å². The molecule has 3 aromatic carbocycles. The van der Waals surface area contributed by atoms with Crippen molar-refractivity contribution in [2.24, 2.45) is 11.8 Å². The first kappa shape index (κ1) is 29.5. The first-order chi connectivity index (χ1) is 20.9. The summed E-state index contributed by atoms with van der Waals surface area (Å²) in [6.45, 7) is 2.12. The molecule has 0 saturated carbocycles. The van der Waals surface area contributed by atoms with E-state index in [0.29, 0.717) is 48.0 Å². The van der Waals surface area contributed by atoms with E-state index in [0.717, 1.165) is 5.56 Å². The molecule has 1 spiro atoms.